The van der Waals surface area contributed by atoms with Gasteiger partial charge in [-0.1, -0.05) is 220 Å². The predicted octanol–water partition coefficient (Wildman–Crippen LogP) is 18.3. The average molecular weight is 929 g/mol. The second-order valence-corrected chi connectivity index (χ2v) is 17.7. The highest BCUT2D eigenvalue weighted by atomic mass is 16.6. The lowest BCUT2D eigenvalue weighted by atomic mass is 10.1. The van der Waals surface area contributed by atoms with E-state index < -0.39 is 12.1 Å². The van der Waals surface area contributed by atoms with Crippen molar-refractivity contribution in [1.82, 2.24) is 0 Å². The molecule has 0 fully saturated rings. The van der Waals surface area contributed by atoms with E-state index in [1.54, 1.807) is 0 Å². The number of rotatable bonds is 48. The van der Waals surface area contributed by atoms with E-state index >= 15 is 0 Å². The summed E-state index contributed by atoms with van der Waals surface area (Å²) in [5.74, 6) is -1.08. The highest BCUT2D eigenvalue weighted by molar-refractivity contribution is 5.71. The first-order valence-electron chi connectivity index (χ1n) is 27.4. The molecule has 0 N–H and O–H groups in total. The molecule has 0 aromatic heterocycles. The highest BCUT2D eigenvalue weighted by Crippen LogP contribution is 2.13. The van der Waals surface area contributed by atoms with Crippen molar-refractivity contribution in [3.8, 4) is 0 Å². The minimum absolute atomic E-state index is 0.129. The summed E-state index contributed by atoms with van der Waals surface area (Å²) >= 11 is 0. The molecule has 1 unspecified atom stereocenters. The van der Waals surface area contributed by atoms with E-state index in [0.29, 0.717) is 19.3 Å². The van der Waals surface area contributed by atoms with Crippen LogP contribution in [0.15, 0.2) is 109 Å². The van der Waals surface area contributed by atoms with Gasteiger partial charge in [0.2, 0.25) is 0 Å². The average Bonchev–Trinajstić information content (AvgIpc) is 3.33. The van der Waals surface area contributed by atoms with Crippen LogP contribution < -0.4 is 0 Å². The fourth-order valence-electron chi connectivity index (χ4n) is 7.15. The summed E-state index contributed by atoms with van der Waals surface area (Å²) in [7, 11) is 0. The molecule has 0 spiro atoms. The molecule has 0 aliphatic carbocycles. The van der Waals surface area contributed by atoms with Gasteiger partial charge in [0.05, 0.1) is 0 Å². The van der Waals surface area contributed by atoms with Crippen LogP contribution in [0.3, 0.4) is 0 Å². The zero-order valence-corrected chi connectivity index (χ0v) is 43.4. The molecule has 6 heteroatoms. The van der Waals surface area contributed by atoms with Crippen molar-refractivity contribution in [3.05, 3.63) is 109 Å². The Hall–Kier alpha value is -3.93. The van der Waals surface area contributed by atoms with Crippen molar-refractivity contribution in [2.75, 3.05) is 13.2 Å². The molecule has 67 heavy (non-hydrogen) atoms. The Kier molecular flexibility index (Phi) is 51.5. The van der Waals surface area contributed by atoms with E-state index in [2.05, 4.69) is 118 Å². The Morgan fingerprint density at radius 3 is 1.04 bits per heavy atom. The molecule has 0 heterocycles. The van der Waals surface area contributed by atoms with E-state index in [4.69, 9.17) is 14.2 Å². The molecule has 1 atom stereocenters. The number of allylic oxidation sites excluding steroid dienone is 18. The van der Waals surface area contributed by atoms with Gasteiger partial charge >= 0.3 is 17.9 Å². The number of carbonyl (C=O) groups is 3. The van der Waals surface area contributed by atoms with Crippen LogP contribution in [0.2, 0.25) is 0 Å². The van der Waals surface area contributed by atoms with Crippen molar-refractivity contribution >= 4 is 17.9 Å². The fourth-order valence-corrected chi connectivity index (χ4v) is 7.15. The summed E-state index contributed by atoms with van der Waals surface area (Å²) in [5.41, 5.74) is 0. The lowest BCUT2D eigenvalue weighted by Crippen LogP contribution is -2.30. The maximum absolute atomic E-state index is 12.8. The van der Waals surface area contributed by atoms with Crippen molar-refractivity contribution < 1.29 is 28.6 Å². The van der Waals surface area contributed by atoms with Gasteiger partial charge in [0.25, 0.3) is 0 Å². The number of hydrogen-bond acceptors (Lipinski definition) is 6. The first-order valence-corrected chi connectivity index (χ1v) is 27.4. The van der Waals surface area contributed by atoms with Crippen LogP contribution in [-0.2, 0) is 28.6 Å². The van der Waals surface area contributed by atoms with Gasteiger partial charge in [-0.2, -0.15) is 0 Å². The maximum Gasteiger partial charge on any atom is 0.306 e. The van der Waals surface area contributed by atoms with Crippen LogP contribution in [0.5, 0.6) is 0 Å². The molecule has 0 bridgehead atoms. The number of ether oxygens (including phenoxy) is 3. The van der Waals surface area contributed by atoms with Gasteiger partial charge < -0.3 is 14.2 Å². The number of carbonyl (C=O) groups excluding carboxylic acids is 3. The molecule has 0 aliphatic heterocycles. The van der Waals surface area contributed by atoms with Crippen molar-refractivity contribution in [2.24, 2.45) is 0 Å². The second-order valence-electron chi connectivity index (χ2n) is 17.7. The Labute approximate surface area is 412 Å². The summed E-state index contributed by atoms with van der Waals surface area (Å²) in [4.78, 5) is 38.0. The molecule has 0 aromatic carbocycles. The molecular formula is C61H100O6. The smallest absolute Gasteiger partial charge is 0.306 e. The summed E-state index contributed by atoms with van der Waals surface area (Å²) < 4.78 is 16.7. The largest absolute Gasteiger partial charge is 0.462 e. The summed E-state index contributed by atoms with van der Waals surface area (Å²) in [6.45, 7) is 6.40. The normalized spacial score (nSPS) is 12.9. The van der Waals surface area contributed by atoms with E-state index in [1.165, 1.54) is 103 Å². The van der Waals surface area contributed by atoms with Crippen LogP contribution in [0, 0.1) is 0 Å². The van der Waals surface area contributed by atoms with Crippen LogP contribution in [0.1, 0.15) is 239 Å². The van der Waals surface area contributed by atoms with E-state index in [0.717, 1.165) is 83.5 Å². The highest BCUT2D eigenvalue weighted by Gasteiger charge is 2.19. The third kappa shape index (κ3) is 52.9. The number of unbranched alkanes of at least 4 members (excludes halogenated alkanes) is 19. The summed E-state index contributed by atoms with van der Waals surface area (Å²) in [6.07, 6.45) is 73.8. The molecular weight excluding hydrogens is 829 g/mol. The first kappa shape index (κ1) is 63.1. The minimum Gasteiger partial charge on any atom is -0.462 e. The lowest BCUT2D eigenvalue weighted by Gasteiger charge is -2.18. The van der Waals surface area contributed by atoms with Gasteiger partial charge in [-0.05, 0) is 109 Å². The SMILES string of the molecule is CC/C=C\C/C=C\C/C=C\C/C=C\C/C=C\CCC(=O)OC(COC(=O)CCC/C=C\C/C=C\C/C=C\CCCCCCCC)COC(=O)CCCCCCC/C=C\CCCCCCCCC. The van der Waals surface area contributed by atoms with Gasteiger partial charge in [-0.3, -0.25) is 14.4 Å². The van der Waals surface area contributed by atoms with E-state index in [9.17, 15) is 14.4 Å². The Bertz CT molecular complexity index is 1390. The first-order chi connectivity index (χ1) is 33.0. The van der Waals surface area contributed by atoms with E-state index in [-0.39, 0.29) is 38.0 Å². The third-order valence-corrected chi connectivity index (χ3v) is 11.2. The monoisotopic (exact) mass is 929 g/mol. The maximum atomic E-state index is 12.8. The Morgan fingerprint density at radius 2 is 0.627 bits per heavy atom. The molecule has 380 valence electrons. The Morgan fingerprint density at radius 1 is 0.313 bits per heavy atom. The molecule has 0 saturated carbocycles. The van der Waals surface area contributed by atoms with Crippen LogP contribution in [-0.4, -0.2) is 37.2 Å². The topological polar surface area (TPSA) is 78.9 Å². The molecule has 0 amide bonds. The quantitative estimate of drug-likeness (QED) is 0.0262. The van der Waals surface area contributed by atoms with Crippen molar-refractivity contribution in [1.29, 1.82) is 0 Å². The van der Waals surface area contributed by atoms with Gasteiger partial charge in [-0.15, -0.1) is 0 Å². The number of esters is 3. The van der Waals surface area contributed by atoms with Gasteiger partial charge in [0, 0.05) is 19.3 Å². The van der Waals surface area contributed by atoms with Crippen molar-refractivity contribution in [2.45, 2.75) is 245 Å². The lowest BCUT2D eigenvalue weighted by molar-refractivity contribution is -0.166. The fraction of sp³-hybridized carbons (Fsp3) is 0.656. The van der Waals surface area contributed by atoms with Crippen molar-refractivity contribution in [3.63, 3.8) is 0 Å². The van der Waals surface area contributed by atoms with Gasteiger partial charge in [0.15, 0.2) is 6.10 Å². The molecule has 0 aliphatic rings. The predicted molar refractivity (Wildman–Crippen MR) is 288 cm³/mol. The van der Waals surface area contributed by atoms with Crippen LogP contribution >= 0.6 is 0 Å². The third-order valence-electron chi connectivity index (χ3n) is 11.2. The molecule has 0 aromatic rings. The number of hydrogen-bond donors (Lipinski definition) is 0. The summed E-state index contributed by atoms with van der Waals surface area (Å²) in [6, 6.07) is 0. The Balaban J connectivity index is 4.59. The van der Waals surface area contributed by atoms with E-state index in [1.807, 2.05) is 12.2 Å². The minimum atomic E-state index is -0.843. The summed E-state index contributed by atoms with van der Waals surface area (Å²) in [5, 5.41) is 0. The van der Waals surface area contributed by atoms with Gasteiger partial charge in [-0.25, -0.2) is 0 Å². The molecule has 0 radical (unpaired) electrons. The molecule has 0 rings (SSSR count). The molecule has 6 nitrogen and oxygen atoms in total. The molecule has 0 saturated heterocycles. The van der Waals surface area contributed by atoms with Crippen LogP contribution in [0.4, 0.5) is 0 Å². The van der Waals surface area contributed by atoms with Crippen LogP contribution in [0.25, 0.3) is 0 Å². The van der Waals surface area contributed by atoms with Gasteiger partial charge in [0.1, 0.15) is 13.2 Å². The zero-order chi connectivity index (χ0) is 48.6. The zero-order valence-electron chi connectivity index (χ0n) is 43.4. The second kappa shape index (κ2) is 54.7. The standard InChI is InChI=1S/C61H100O6/c1-4-7-10-13-16-19-22-25-28-31-34-36-39-42-45-48-51-54-60(63)66-57-58(67-61(64)55-52-49-46-43-40-37-33-30-27-24-21-18-15-12-9-6-3)56-65-59(62)53-50-47-44-41-38-35-32-29-26-23-20-17-14-11-8-5-2/h9,12,18,21,25,27-30,32,34,36-37,40,42,45-46,49,58H,4-8,10-11,13-17,19-20,22-24,26,31,33,35,38-39,41,43-44,47-48,50-57H2,1-3H3/b12-9-,21-18-,28-25-,30-27-,32-29-,36-34-,40-37-,45-42-,49-46-.